The number of hydrogen-bond acceptors (Lipinski definition) is 3. The lowest BCUT2D eigenvalue weighted by molar-refractivity contribution is 0.110. The molecule has 2 rings (SSSR count). The fourth-order valence-electron chi connectivity index (χ4n) is 2.17. The molecule has 0 unspecified atom stereocenters. The third-order valence-electron chi connectivity index (χ3n) is 3.08. The van der Waals surface area contributed by atoms with E-state index in [-0.39, 0.29) is 30.9 Å². The van der Waals surface area contributed by atoms with Gasteiger partial charge in [-0.15, -0.1) is 12.4 Å². The molecule has 18 heavy (non-hydrogen) atoms. The molecule has 0 saturated carbocycles. The van der Waals surface area contributed by atoms with Gasteiger partial charge in [-0.05, 0) is 23.8 Å². The van der Waals surface area contributed by atoms with Crippen LogP contribution in [0.1, 0.15) is 11.6 Å². The monoisotopic (exact) mass is 294 g/mol. The molecule has 3 nitrogen and oxygen atoms in total. The Labute approximate surface area is 117 Å². The minimum absolute atomic E-state index is 0. The average Bonchev–Trinajstić information content (AvgIpc) is 2.36. The number of nitrogens with zero attached hydrogens (tertiary/aromatic N) is 1. The fourth-order valence-corrected chi connectivity index (χ4v) is 2.42. The van der Waals surface area contributed by atoms with Crippen molar-refractivity contribution in [2.75, 3.05) is 32.8 Å². The minimum Gasteiger partial charge on any atom is -0.394 e. The van der Waals surface area contributed by atoms with Crippen LogP contribution in [0.5, 0.6) is 0 Å². The zero-order valence-electron chi connectivity index (χ0n) is 9.90. The first-order valence-electron chi connectivity index (χ1n) is 5.73. The van der Waals surface area contributed by atoms with Crippen molar-refractivity contribution in [3.63, 3.8) is 0 Å². The van der Waals surface area contributed by atoms with Gasteiger partial charge in [0.1, 0.15) is 5.82 Å². The number of hydrogen-bond donors (Lipinski definition) is 2. The second-order valence-electron chi connectivity index (χ2n) is 4.15. The molecular formula is C12H17Cl2FN2O. The molecule has 1 aromatic carbocycles. The highest BCUT2D eigenvalue weighted by Crippen LogP contribution is 2.28. The third-order valence-corrected chi connectivity index (χ3v) is 3.43. The molecule has 1 heterocycles. The summed E-state index contributed by atoms with van der Waals surface area (Å²) in [7, 11) is 0. The maximum Gasteiger partial charge on any atom is 0.123 e. The summed E-state index contributed by atoms with van der Waals surface area (Å²) in [6.07, 6.45) is 0. The Morgan fingerprint density at radius 2 is 2.06 bits per heavy atom. The van der Waals surface area contributed by atoms with Crippen molar-refractivity contribution in [3.8, 4) is 0 Å². The van der Waals surface area contributed by atoms with Gasteiger partial charge in [-0.3, -0.25) is 4.90 Å². The highest BCUT2D eigenvalue weighted by atomic mass is 35.5. The van der Waals surface area contributed by atoms with Gasteiger partial charge in [0.05, 0.1) is 12.6 Å². The molecule has 1 aliphatic rings. The SMILES string of the molecule is Cl.OC[C@H](c1cc(F)ccc1Cl)N1CCNCC1. The lowest BCUT2D eigenvalue weighted by Crippen LogP contribution is -2.46. The Morgan fingerprint density at radius 1 is 1.39 bits per heavy atom. The molecule has 102 valence electrons. The zero-order valence-corrected chi connectivity index (χ0v) is 11.5. The maximum absolute atomic E-state index is 13.2. The lowest BCUT2D eigenvalue weighted by Gasteiger charge is -2.34. The van der Waals surface area contributed by atoms with Crippen LogP contribution >= 0.6 is 24.0 Å². The first kappa shape index (κ1) is 15.7. The zero-order chi connectivity index (χ0) is 12.3. The van der Waals surface area contributed by atoms with Crippen LogP contribution in [0.4, 0.5) is 4.39 Å². The Hall–Kier alpha value is -0.390. The smallest absolute Gasteiger partial charge is 0.123 e. The molecule has 1 fully saturated rings. The van der Waals surface area contributed by atoms with Crippen molar-refractivity contribution in [2.24, 2.45) is 0 Å². The van der Waals surface area contributed by atoms with Crippen LogP contribution in [0, 0.1) is 5.82 Å². The van der Waals surface area contributed by atoms with Gasteiger partial charge in [-0.1, -0.05) is 11.6 Å². The lowest BCUT2D eigenvalue weighted by atomic mass is 10.0. The van der Waals surface area contributed by atoms with Crippen LogP contribution in [0.25, 0.3) is 0 Å². The minimum atomic E-state index is -0.321. The summed E-state index contributed by atoms with van der Waals surface area (Å²) >= 11 is 6.07. The largest absolute Gasteiger partial charge is 0.394 e. The van der Waals surface area contributed by atoms with E-state index in [0.717, 1.165) is 26.2 Å². The number of piperazine rings is 1. The molecule has 0 radical (unpaired) electrons. The second kappa shape index (κ2) is 7.26. The van der Waals surface area contributed by atoms with Gasteiger partial charge in [-0.25, -0.2) is 4.39 Å². The van der Waals surface area contributed by atoms with Crippen molar-refractivity contribution in [3.05, 3.63) is 34.6 Å². The van der Waals surface area contributed by atoms with Gasteiger partial charge in [0, 0.05) is 31.2 Å². The van der Waals surface area contributed by atoms with Crippen LogP contribution < -0.4 is 5.32 Å². The summed E-state index contributed by atoms with van der Waals surface area (Å²) in [6, 6.07) is 4.06. The predicted molar refractivity (Wildman–Crippen MR) is 72.9 cm³/mol. The molecule has 0 spiro atoms. The molecule has 1 saturated heterocycles. The predicted octanol–water partition coefficient (Wildman–Crippen LogP) is 1.84. The van der Waals surface area contributed by atoms with E-state index in [1.807, 2.05) is 0 Å². The van der Waals surface area contributed by atoms with Gasteiger partial charge < -0.3 is 10.4 Å². The van der Waals surface area contributed by atoms with Crippen LogP contribution in [0.15, 0.2) is 18.2 Å². The Bertz CT molecular complexity index is 386. The van der Waals surface area contributed by atoms with Gasteiger partial charge >= 0.3 is 0 Å². The Balaban J connectivity index is 0.00000162. The Morgan fingerprint density at radius 3 is 2.67 bits per heavy atom. The topological polar surface area (TPSA) is 35.5 Å². The highest BCUT2D eigenvalue weighted by molar-refractivity contribution is 6.31. The number of aliphatic hydroxyl groups excluding tert-OH is 1. The van der Waals surface area contributed by atoms with E-state index in [2.05, 4.69) is 10.2 Å². The highest BCUT2D eigenvalue weighted by Gasteiger charge is 2.23. The summed E-state index contributed by atoms with van der Waals surface area (Å²) in [5.41, 5.74) is 0.663. The normalized spacial score (nSPS) is 18.2. The number of nitrogens with one attached hydrogen (secondary N) is 1. The van der Waals surface area contributed by atoms with E-state index >= 15 is 0 Å². The van der Waals surface area contributed by atoms with Crippen molar-refractivity contribution in [1.82, 2.24) is 10.2 Å². The average molecular weight is 295 g/mol. The standard InChI is InChI=1S/C12H16ClFN2O.ClH/c13-11-2-1-9(14)7-10(11)12(8-17)16-5-3-15-4-6-16;/h1-2,7,12,15,17H,3-6,8H2;1H/t12-;/m1./s1. The number of aliphatic hydroxyl groups is 1. The first-order chi connectivity index (χ1) is 8.22. The molecule has 1 atom stereocenters. The maximum atomic E-state index is 13.2. The van der Waals surface area contributed by atoms with Crippen molar-refractivity contribution in [1.29, 1.82) is 0 Å². The number of rotatable bonds is 3. The molecule has 6 heteroatoms. The molecule has 1 aromatic rings. The van der Waals surface area contributed by atoms with Crippen molar-refractivity contribution < 1.29 is 9.50 Å². The summed E-state index contributed by atoms with van der Waals surface area (Å²) in [5.74, 6) is -0.321. The molecule has 0 aliphatic carbocycles. The van der Waals surface area contributed by atoms with Crippen LogP contribution in [0.3, 0.4) is 0 Å². The third kappa shape index (κ3) is 3.56. The number of benzene rings is 1. The quantitative estimate of drug-likeness (QED) is 0.893. The van der Waals surface area contributed by atoms with E-state index in [1.54, 1.807) is 0 Å². The van der Waals surface area contributed by atoms with Crippen LogP contribution in [-0.2, 0) is 0 Å². The van der Waals surface area contributed by atoms with E-state index in [4.69, 9.17) is 11.6 Å². The van der Waals surface area contributed by atoms with E-state index in [1.165, 1.54) is 18.2 Å². The van der Waals surface area contributed by atoms with Crippen molar-refractivity contribution >= 4 is 24.0 Å². The number of halogens is 3. The summed E-state index contributed by atoms with van der Waals surface area (Å²) in [4.78, 5) is 2.12. The fraction of sp³-hybridized carbons (Fsp3) is 0.500. The van der Waals surface area contributed by atoms with Gasteiger partial charge in [0.25, 0.3) is 0 Å². The van der Waals surface area contributed by atoms with Gasteiger partial charge in [0.2, 0.25) is 0 Å². The molecular weight excluding hydrogens is 278 g/mol. The van der Waals surface area contributed by atoms with E-state index < -0.39 is 0 Å². The van der Waals surface area contributed by atoms with Crippen molar-refractivity contribution in [2.45, 2.75) is 6.04 Å². The molecule has 0 bridgehead atoms. The molecule has 0 aromatic heterocycles. The van der Waals surface area contributed by atoms with Gasteiger partial charge in [0.15, 0.2) is 0 Å². The first-order valence-corrected chi connectivity index (χ1v) is 6.10. The van der Waals surface area contributed by atoms with Crippen LogP contribution in [-0.4, -0.2) is 42.8 Å². The Kier molecular flexibility index (Phi) is 6.32. The van der Waals surface area contributed by atoms with Crippen LogP contribution in [0.2, 0.25) is 5.02 Å². The summed E-state index contributed by atoms with van der Waals surface area (Å²) in [5, 5.41) is 13.2. The molecule has 0 amide bonds. The molecule has 1 aliphatic heterocycles. The summed E-state index contributed by atoms with van der Waals surface area (Å²) in [6.45, 7) is 3.37. The van der Waals surface area contributed by atoms with Gasteiger partial charge in [-0.2, -0.15) is 0 Å². The van der Waals surface area contributed by atoms with E-state index in [0.29, 0.717) is 10.6 Å². The summed E-state index contributed by atoms with van der Waals surface area (Å²) < 4.78 is 13.2. The van der Waals surface area contributed by atoms with E-state index in [9.17, 15) is 9.50 Å². The second-order valence-corrected chi connectivity index (χ2v) is 4.56. The molecule has 2 N–H and O–H groups in total.